The van der Waals surface area contributed by atoms with Gasteiger partial charge in [-0.2, -0.15) is 0 Å². The van der Waals surface area contributed by atoms with Crippen LogP contribution in [0.15, 0.2) is 53.0 Å². The molecule has 0 unspecified atom stereocenters. The van der Waals surface area contributed by atoms with E-state index in [1.807, 2.05) is 24.3 Å². The van der Waals surface area contributed by atoms with Gasteiger partial charge >= 0.3 is 0 Å². The molecule has 2 aromatic carbocycles. The van der Waals surface area contributed by atoms with Crippen molar-refractivity contribution in [3.05, 3.63) is 58.6 Å². The number of para-hydroxylation sites is 1. The highest BCUT2D eigenvalue weighted by Crippen LogP contribution is 2.27. The molecule has 0 aliphatic carbocycles. The van der Waals surface area contributed by atoms with E-state index in [1.165, 1.54) is 5.56 Å². The van der Waals surface area contributed by atoms with E-state index in [4.69, 9.17) is 0 Å². The molecule has 0 saturated carbocycles. The van der Waals surface area contributed by atoms with Crippen LogP contribution < -0.4 is 9.62 Å². The number of amides is 1. The zero-order valence-electron chi connectivity index (χ0n) is 14.4. The van der Waals surface area contributed by atoms with Crippen LogP contribution >= 0.6 is 15.9 Å². The molecule has 0 aromatic heterocycles. The number of nitrogens with zero attached hydrogens (tertiary/aromatic N) is 1. The van der Waals surface area contributed by atoms with Gasteiger partial charge in [-0.1, -0.05) is 38.1 Å². The molecule has 1 N–H and O–H groups in total. The molecule has 25 heavy (non-hydrogen) atoms. The van der Waals surface area contributed by atoms with Gasteiger partial charge in [-0.3, -0.25) is 9.10 Å². The molecule has 0 bridgehead atoms. The molecule has 0 heterocycles. The zero-order valence-corrected chi connectivity index (χ0v) is 16.8. The maximum absolute atomic E-state index is 12.3. The molecule has 134 valence electrons. The summed E-state index contributed by atoms with van der Waals surface area (Å²) in [6, 6.07) is 14.4. The van der Waals surface area contributed by atoms with E-state index in [2.05, 4.69) is 35.1 Å². The van der Waals surface area contributed by atoms with E-state index >= 15 is 0 Å². The molecule has 0 spiro atoms. The minimum absolute atomic E-state index is 0.298. The summed E-state index contributed by atoms with van der Waals surface area (Å²) < 4.78 is 25.9. The molecule has 0 aliphatic heterocycles. The monoisotopic (exact) mass is 424 g/mol. The fourth-order valence-corrected chi connectivity index (χ4v) is 3.80. The number of carbonyl (C=O) groups excluding carboxylic acids is 1. The first-order valence-corrected chi connectivity index (χ1v) is 10.4. The highest BCUT2D eigenvalue weighted by molar-refractivity contribution is 9.10. The second-order valence-electron chi connectivity index (χ2n) is 6.05. The van der Waals surface area contributed by atoms with Crippen molar-refractivity contribution in [2.24, 2.45) is 0 Å². The number of nitrogens with one attached hydrogen (secondary N) is 1. The van der Waals surface area contributed by atoms with Gasteiger partial charge in [0.2, 0.25) is 15.9 Å². The van der Waals surface area contributed by atoms with Gasteiger partial charge in [0.25, 0.3) is 0 Å². The van der Waals surface area contributed by atoms with Crippen molar-refractivity contribution in [2.45, 2.75) is 19.8 Å². The van der Waals surface area contributed by atoms with Crippen molar-refractivity contribution in [3.8, 4) is 0 Å². The number of carbonyl (C=O) groups is 1. The van der Waals surface area contributed by atoms with Crippen LogP contribution in [-0.2, 0) is 14.8 Å². The quantitative estimate of drug-likeness (QED) is 0.762. The van der Waals surface area contributed by atoms with E-state index < -0.39 is 15.9 Å². The maximum atomic E-state index is 12.3. The van der Waals surface area contributed by atoms with Crippen molar-refractivity contribution in [3.63, 3.8) is 0 Å². The Balaban J connectivity index is 2.16. The van der Waals surface area contributed by atoms with Gasteiger partial charge in [-0.25, -0.2) is 8.42 Å². The van der Waals surface area contributed by atoms with Crippen LogP contribution in [-0.4, -0.2) is 27.1 Å². The normalized spacial score (nSPS) is 11.4. The largest absolute Gasteiger partial charge is 0.325 e. The van der Waals surface area contributed by atoms with Crippen LogP contribution in [0.3, 0.4) is 0 Å². The Hall–Kier alpha value is -1.86. The molecule has 0 saturated heterocycles. The van der Waals surface area contributed by atoms with Gasteiger partial charge in [-0.15, -0.1) is 0 Å². The molecular weight excluding hydrogens is 404 g/mol. The third-order valence-corrected chi connectivity index (χ3v) is 5.47. The van der Waals surface area contributed by atoms with Crippen LogP contribution in [0, 0.1) is 0 Å². The van der Waals surface area contributed by atoms with Gasteiger partial charge in [0.15, 0.2) is 0 Å². The Morgan fingerprint density at radius 3 is 2.24 bits per heavy atom. The lowest BCUT2D eigenvalue weighted by Gasteiger charge is -2.23. The van der Waals surface area contributed by atoms with Crippen molar-refractivity contribution >= 4 is 43.2 Å². The number of sulfonamides is 1. The smallest absolute Gasteiger partial charge is 0.245 e. The molecule has 0 aliphatic rings. The van der Waals surface area contributed by atoms with E-state index in [0.717, 1.165) is 10.6 Å². The predicted octanol–water partition coefficient (Wildman–Crippen LogP) is 3.98. The molecule has 0 radical (unpaired) electrons. The molecule has 1 amide bonds. The van der Waals surface area contributed by atoms with Gasteiger partial charge in [0.05, 0.1) is 11.9 Å². The molecule has 7 heteroatoms. The lowest BCUT2D eigenvalue weighted by molar-refractivity contribution is -0.114. The van der Waals surface area contributed by atoms with Crippen LogP contribution in [0.1, 0.15) is 25.3 Å². The van der Waals surface area contributed by atoms with E-state index in [1.54, 1.807) is 24.3 Å². The number of hydrogen-bond donors (Lipinski definition) is 1. The van der Waals surface area contributed by atoms with Crippen LogP contribution in [0.5, 0.6) is 0 Å². The summed E-state index contributed by atoms with van der Waals surface area (Å²) >= 11 is 3.33. The molecule has 2 aromatic rings. The van der Waals surface area contributed by atoms with Crippen LogP contribution in [0.4, 0.5) is 11.4 Å². The number of benzene rings is 2. The summed E-state index contributed by atoms with van der Waals surface area (Å²) in [5.41, 5.74) is 2.23. The summed E-state index contributed by atoms with van der Waals surface area (Å²) in [5, 5.41) is 2.74. The average molecular weight is 425 g/mol. The Morgan fingerprint density at radius 2 is 1.72 bits per heavy atom. The number of halogens is 1. The maximum Gasteiger partial charge on any atom is 0.245 e. The average Bonchev–Trinajstić information content (AvgIpc) is 2.53. The zero-order chi connectivity index (χ0) is 18.6. The van der Waals surface area contributed by atoms with Crippen molar-refractivity contribution in [2.75, 3.05) is 22.4 Å². The molecule has 5 nitrogen and oxygen atoms in total. The lowest BCUT2D eigenvalue weighted by atomic mass is 10.0. The second kappa shape index (κ2) is 8.01. The number of rotatable bonds is 6. The highest BCUT2D eigenvalue weighted by atomic mass is 79.9. The van der Waals surface area contributed by atoms with Gasteiger partial charge in [-0.05, 0) is 51.7 Å². The highest BCUT2D eigenvalue weighted by Gasteiger charge is 2.22. The van der Waals surface area contributed by atoms with Gasteiger partial charge in [0, 0.05) is 10.2 Å². The first-order valence-electron chi connectivity index (χ1n) is 7.80. The third-order valence-electron chi connectivity index (χ3n) is 3.67. The van der Waals surface area contributed by atoms with E-state index in [0.29, 0.717) is 21.8 Å². The van der Waals surface area contributed by atoms with Crippen molar-refractivity contribution in [1.29, 1.82) is 0 Å². The summed E-state index contributed by atoms with van der Waals surface area (Å²) in [6.45, 7) is 3.89. The minimum atomic E-state index is -3.60. The number of anilines is 2. The van der Waals surface area contributed by atoms with Gasteiger partial charge in [0.1, 0.15) is 6.54 Å². The molecule has 0 atom stereocenters. The fourth-order valence-electron chi connectivity index (χ4n) is 2.32. The van der Waals surface area contributed by atoms with Gasteiger partial charge < -0.3 is 5.32 Å². The summed E-state index contributed by atoms with van der Waals surface area (Å²) in [7, 11) is -3.60. The summed E-state index contributed by atoms with van der Waals surface area (Å²) in [6.07, 6.45) is 1.08. The standard InChI is InChI=1S/C18H21BrN2O3S/c1-13(2)14-8-10-15(11-9-14)20-18(22)12-21(25(3,23)24)17-7-5-4-6-16(17)19/h4-11,13H,12H2,1-3H3,(H,20,22). The fraction of sp³-hybridized carbons (Fsp3) is 0.278. The first kappa shape index (κ1) is 19.5. The van der Waals surface area contributed by atoms with E-state index in [9.17, 15) is 13.2 Å². The SMILES string of the molecule is CC(C)c1ccc(NC(=O)CN(c2ccccc2Br)S(C)(=O)=O)cc1. The first-order chi connectivity index (χ1) is 11.7. The van der Waals surface area contributed by atoms with Crippen molar-refractivity contribution in [1.82, 2.24) is 0 Å². The van der Waals surface area contributed by atoms with E-state index in [-0.39, 0.29) is 6.54 Å². The molecule has 2 rings (SSSR count). The minimum Gasteiger partial charge on any atom is -0.325 e. The van der Waals surface area contributed by atoms with Crippen LogP contribution in [0.25, 0.3) is 0 Å². The predicted molar refractivity (Wildman–Crippen MR) is 105 cm³/mol. The second-order valence-corrected chi connectivity index (χ2v) is 8.81. The third kappa shape index (κ3) is 5.31. The number of hydrogen-bond acceptors (Lipinski definition) is 3. The Morgan fingerprint density at radius 1 is 1.12 bits per heavy atom. The summed E-state index contributed by atoms with van der Waals surface area (Å²) in [4.78, 5) is 12.3. The Bertz CT molecular complexity index is 849. The van der Waals surface area contributed by atoms with Crippen molar-refractivity contribution < 1.29 is 13.2 Å². The topological polar surface area (TPSA) is 66.5 Å². The Kier molecular flexibility index (Phi) is 6.24. The summed E-state index contributed by atoms with van der Waals surface area (Å²) in [5.74, 6) is -0.000571. The molecule has 0 fully saturated rings. The lowest BCUT2D eigenvalue weighted by Crippen LogP contribution is -2.37. The van der Waals surface area contributed by atoms with Crippen LogP contribution in [0.2, 0.25) is 0 Å². The molecular formula is C18H21BrN2O3S. The Labute approximate surface area is 157 Å².